The predicted octanol–water partition coefficient (Wildman–Crippen LogP) is 19.4. The lowest BCUT2D eigenvalue weighted by molar-refractivity contribution is 0.301. The molecule has 402 valence electrons. The first-order chi connectivity index (χ1) is 40.6. The molecule has 82 heavy (non-hydrogen) atoms. The van der Waals surface area contributed by atoms with Crippen molar-refractivity contribution in [2.24, 2.45) is 0 Å². The largest absolute Gasteiger partial charge is 0.493 e. The van der Waals surface area contributed by atoms with Crippen molar-refractivity contribution in [3.05, 3.63) is 281 Å². The minimum Gasteiger partial charge on any atom is -0.493 e. The molecule has 0 atom stereocenters. The molecule has 0 unspecified atom stereocenters. The van der Waals surface area contributed by atoms with Crippen LogP contribution in [0.2, 0.25) is 0 Å². The fourth-order valence-corrected chi connectivity index (χ4v) is 16.5. The van der Waals surface area contributed by atoms with E-state index in [2.05, 4.69) is 196 Å². The maximum atomic E-state index is 7.58. The number of hydrogen-bond acceptors (Lipinski definition) is 2. The van der Waals surface area contributed by atoms with Crippen LogP contribution in [0.1, 0.15) is 238 Å². The van der Waals surface area contributed by atoms with Crippen LogP contribution in [0.4, 0.5) is 0 Å². The summed E-state index contributed by atoms with van der Waals surface area (Å²) < 4.78 is 15.2. The molecule has 0 heterocycles. The highest BCUT2D eigenvalue weighted by Gasteiger charge is 2.49. The molecule has 0 aliphatic heterocycles. The molecule has 0 N–H and O–H groups in total. The third kappa shape index (κ3) is 7.63. The van der Waals surface area contributed by atoms with Gasteiger partial charge in [0, 0.05) is 68.9 Å². The van der Waals surface area contributed by atoms with Gasteiger partial charge in [0.1, 0.15) is 11.5 Å². The molecule has 2 nitrogen and oxygen atoms in total. The standard InChI is InChI=1S/C80H70O2/c1-5-9-11-13-15-29-45-81-79-65(47-49(7-3)67-69-51-31-17-25-39-59(51)73(77(67)79)60-40-26-18-32-52(60)69)63-43-44-64(76-72-57-37-23-21-35-55(57)71(75(63)76)56-36-22-24-38-58(56)72)66-48-50(8-4)68-70-53-33-19-27-41-61(53)74(62-42-28-20-34-54(62)70)78(68)80(66)82-46-30-16-14-12-10-6-2/h3-4,17-28,31-44,47-48,69-74H,5-6,9-16,29-30,45-46H2,1-2H3. The summed E-state index contributed by atoms with van der Waals surface area (Å²) in [5.41, 5.74) is 30.3. The Labute approximate surface area is 486 Å². The maximum Gasteiger partial charge on any atom is 0.131 e. The van der Waals surface area contributed by atoms with Crippen LogP contribution in [-0.4, -0.2) is 13.2 Å². The summed E-state index contributed by atoms with van der Waals surface area (Å²) in [6.07, 6.45) is 28.0. The van der Waals surface area contributed by atoms with Crippen molar-refractivity contribution in [2.75, 3.05) is 13.2 Å². The highest BCUT2D eigenvalue weighted by Crippen LogP contribution is 2.66. The molecule has 0 saturated carbocycles. The van der Waals surface area contributed by atoms with Crippen LogP contribution in [0, 0.1) is 24.7 Å². The molecule has 0 spiro atoms. The highest BCUT2D eigenvalue weighted by atomic mass is 16.5. The topological polar surface area (TPSA) is 18.5 Å². The lowest BCUT2D eigenvalue weighted by Crippen LogP contribution is -2.30. The number of unbranched alkanes of at least 4 members (excludes halogenated alkanes) is 10. The van der Waals surface area contributed by atoms with Crippen molar-refractivity contribution < 1.29 is 9.47 Å². The zero-order chi connectivity index (χ0) is 55.0. The SMILES string of the molecule is C#Cc1cc(-c2ccc(-c3cc(C#C)c4c(c3OCCCCCCCC)C3c5ccccc5C4c4ccccc43)c3c2C2c4ccccc4C3c3ccccc32)c(OCCCCCCCC)c2c1C1c3ccccc3C2c2ccccc21. The number of rotatable bonds is 18. The van der Waals surface area contributed by atoms with Gasteiger partial charge in [-0.25, -0.2) is 0 Å². The minimum absolute atomic E-state index is 0.00766. The zero-order valence-corrected chi connectivity index (χ0v) is 47.5. The Morgan fingerprint density at radius 1 is 0.293 bits per heavy atom. The van der Waals surface area contributed by atoms with Gasteiger partial charge in [0.25, 0.3) is 0 Å². The molecule has 0 radical (unpaired) electrons. The first kappa shape index (κ1) is 50.6. The lowest BCUT2D eigenvalue weighted by atomic mass is 9.57. The van der Waals surface area contributed by atoms with Crippen LogP contribution in [-0.2, 0) is 0 Å². The minimum atomic E-state index is -0.0519. The average molecular weight is 1060 g/mol. The van der Waals surface area contributed by atoms with Crippen LogP contribution >= 0.6 is 0 Å². The van der Waals surface area contributed by atoms with Crippen molar-refractivity contribution in [3.8, 4) is 58.4 Å². The van der Waals surface area contributed by atoms with E-state index in [1.807, 2.05) is 0 Å². The Morgan fingerprint density at radius 2 is 0.537 bits per heavy atom. The molecule has 9 aliphatic rings. The Bertz CT molecular complexity index is 3710. The van der Waals surface area contributed by atoms with E-state index in [4.69, 9.17) is 22.3 Å². The van der Waals surface area contributed by atoms with Gasteiger partial charge in [-0.2, -0.15) is 0 Å². The van der Waals surface area contributed by atoms with Gasteiger partial charge in [-0.15, -0.1) is 12.8 Å². The van der Waals surface area contributed by atoms with Gasteiger partial charge in [0.2, 0.25) is 0 Å². The van der Waals surface area contributed by atoms with Gasteiger partial charge >= 0.3 is 0 Å². The van der Waals surface area contributed by atoms with Crippen LogP contribution in [0.15, 0.2) is 170 Å². The molecule has 9 aromatic carbocycles. The van der Waals surface area contributed by atoms with Crippen LogP contribution in [0.3, 0.4) is 0 Å². The summed E-state index contributed by atoms with van der Waals surface area (Å²) >= 11 is 0. The fraction of sp³-hybridized carbons (Fsp3) is 0.275. The van der Waals surface area contributed by atoms with Crippen molar-refractivity contribution in [3.63, 3.8) is 0 Å². The molecule has 6 bridgehead atoms. The highest BCUT2D eigenvalue weighted by molar-refractivity contribution is 5.93. The van der Waals surface area contributed by atoms with E-state index in [1.165, 1.54) is 163 Å². The summed E-state index contributed by atoms with van der Waals surface area (Å²) in [5, 5.41) is 0. The number of benzene rings is 9. The van der Waals surface area contributed by atoms with Crippen LogP contribution in [0.5, 0.6) is 11.5 Å². The first-order valence-electron chi connectivity index (χ1n) is 31.0. The summed E-state index contributed by atoms with van der Waals surface area (Å²) in [7, 11) is 0. The van der Waals surface area contributed by atoms with Gasteiger partial charge in [-0.1, -0.05) is 248 Å². The van der Waals surface area contributed by atoms with E-state index in [0.29, 0.717) is 13.2 Å². The van der Waals surface area contributed by atoms with E-state index in [1.54, 1.807) is 0 Å². The second kappa shape index (κ2) is 20.9. The monoisotopic (exact) mass is 1060 g/mol. The number of hydrogen-bond donors (Lipinski definition) is 0. The third-order valence-electron chi connectivity index (χ3n) is 19.8. The maximum absolute atomic E-state index is 7.58. The molecular formula is C80H70O2. The normalized spacial score (nSPS) is 18.8. The van der Waals surface area contributed by atoms with E-state index in [-0.39, 0.29) is 35.5 Å². The van der Waals surface area contributed by atoms with Gasteiger partial charge in [-0.05, 0) is 125 Å². The smallest absolute Gasteiger partial charge is 0.131 e. The quantitative estimate of drug-likeness (QED) is 0.0630. The van der Waals surface area contributed by atoms with Crippen LogP contribution < -0.4 is 9.47 Å². The summed E-state index contributed by atoms with van der Waals surface area (Å²) in [6.45, 7) is 5.85. The fourth-order valence-electron chi connectivity index (χ4n) is 16.5. The van der Waals surface area contributed by atoms with Gasteiger partial charge < -0.3 is 9.47 Å². The Morgan fingerprint density at radius 3 is 0.805 bits per heavy atom. The second-order valence-corrected chi connectivity index (χ2v) is 24.1. The van der Waals surface area contributed by atoms with E-state index in [0.717, 1.165) is 59.4 Å². The number of ether oxygens (including phenoxy) is 2. The van der Waals surface area contributed by atoms with Crippen molar-refractivity contribution >= 4 is 0 Å². The molecule has 2 heteroatoms. The summed E-state index contributed by atoms with van der Waals surface area (Å²) in [6, 6.07) is 64.5. The molecule has 18 rings (SSSR count). The molecule has 0 saturated heterocycles. The van der Waals surface area contributed by atoms with Crippen LogP contribution in [0.25, 0.3) is 22.3 Å². The van der Waals surface area contributed by atoms with E-state index >= 15 is 0 Å². The van der Waals surface area contributed by atoms with Crippen molar-refractivity contribution in [2.45, 2.75) is 126 Å². The zero-order valence-electron chi connectivity index (χ0n) is 47.5. The lowest BCUT2D eigenvalue weighted by Gasteiger charge is -2.46. The van der Waals surface area contributed by atoms with Crippen molar-refractivity contribution in [1.82, 2.24) is 0 Å². The van der Waals surface area contributed by atoms with E-state index < -0.39 is 0 Å². The third-order valence-corrected chi connectivity index (χ3v) is 19.8. The summed E-state index contributed by atoms with van der Waals surface area (Å²) in [5.74, 6) is 8.51. The molecule has 0 amide bonds. The molecule has 0 fully saturated rings. The van der Waals surface area contributed by atoms with E-state index in [9.17, 15) is 0 Å². The molecule has 9 aliphatic carbocycles. The number of terminal acetylenes is 2. The van der Waals surface area contributed by atoms with Crippen molar-refractivity contribution in [1.29, 1.82) is 0 Å². The Balaban J connectivity index is 0.996. The second-order valence-electron chi connectivity index (χ2n) is 24.1. The van der Waals surface area contributed by atoms with Gasteiger partial charge in [0.05, 0.1) is 13.2 Å². The predicted molar refractivity (Wildman–Crippen MR) is 335 cm³/mol. The van der Waals surface area contributed by atoms with Gasteiger partial charge in [-0.3, -0.25) is 0 Å². The molecular weight excluding hydrogens is 993 g/mol. The van der Waals surface area contributed by atoms with Gasteiger partial charge in [0.15, 0.2) is 0 Å². The molecule has 0 aromatic heterocycles. The first-order valence-corrected chi connectivity index (χ1v) is 31.0. The Hall–Kier alpha value is -8.30. The summed E-state index contributed by atoms with van der Waals surface area (Å²) in [4.78, 5) is 0. The average Bonchev–Trinajstić information content (AvgIpc) is 1.67. The Kier molecular flexibility index (Phi) is 12.9. The molecule has 9 aromatic rings.